The summed E-state index contributed by atoms with van der Waals surface area (Å²) in [5, 5.41) is 17.8. The number of H-pyrrole nitrogens is 1. The first-order valence-electron chi connectivity index (χ1n) is 8.83. The molecule has 3 rings (SSSR count). The van der Waals surface area contributed by atoms with Crippen LogP contribution in [-0.2, 0) is 7.05 Å². The average molecular weight is 382 g/mol. The predicted octanol–water partition coefficient (Wildman–Crippen LogP) is 0.874. The van der Waals surface area contributed by atoms with Gasteiger partial charge in [-0.1, -0.05) is 0 Å². The van der Waals surface area contributed by atoms with Gasteiger partial charge in [-0.2, -0.15) is 10.2 Å². The fraction of sp³-hybridized carbons (Fsp3) is 0.588. The Hall–Kier alpha value is -1.90. The third-order valence-corrected chi connectivity index (χ3v) is 4.73. The first-order chi connectivity index (χ1) is 12.1. The van der Waals surface area contributed by atoms with E-state index in [2.05, 4.69) is 30.8 Å². The summed E-state index contributed by atoms with van der Waals surface area (Å²) >= 11 is 0. The van der Waals surface area contributed by atoms with Crippen LogP contribution in [0.1, 0.15) is 28.3 Å². The minimum atomic E-state index is -0.113. The van der Waals surface area contributed by atoms with Crippen molar-refractivity contribution in [1.82, 2.24) is 35.5 Å². The van der Waals surface area contributed by atoms with Crippen molar-refractivity contribution in [3.05, 3.63) is 23.1 Å². The van der Waals surface area contributed by atoms with E-state index in [-0.39, 0.29) is 18.3 Å². The molecule has 26 heavy (non-hydrogen) atoms. The number of carbonyl (C=O) groups excluding carboxylic acids is 1. The summed E-state index contributed by atoms with van der Waals surface area (Å²) in [4.78, 5) is 14.7. The van der Waals surface area contributed by atoms with Gasteiger partial charge >= 0.3 is 0 Å². The third kappa shape index (κ3) is 4.63. The van der Waals surface area contributed by atoms with Gasteiger partial charge in [0.05, 0.1) is 11.4 Å². The lowest BCUT2D eigenvalue weighted by Crippen LogP contribution is -2.44. The van der Waals surface area contributed by atoms with Crippen LogP contribution in [-0.4, -0.2) is 70.1 Å². The Morgan fingerprint density at radius 3 is 2.69 bits per heavy atom. The summed E-state index contributed by atoms with van der Waals surface area (Å²) in [7, 11) is 1.91. The monoisotopic (exact) mass is 381 g/mol. The van der Waals surface area contributed by atoms with E-state index in [4.69, 9.17) is 0 Å². The number of halogens is 1. The number of hydrogen-bond acceptors (Lipinski definition) is 5. The van der Waals surface area contributed by atoms with Crippen molar-refractivity contribution in [1.29, 1.82) is 0 Å². The highest BCUT2D eigenvalue weighted by Gasteiger charge is 2.17. The number of rotatable bonds is 6. The standard InChI is InChI=1S/C17H27N7O.ClH/c1-12-16(13(2)23(3)22-12)14-11-15(21-20-14)17(25)19-5-4-8-24-9-6-18-7-10-24;/h11,18H,4-10H2,1-3H3,(H,19,25)(H,20,21);1H. The van der Waals surface area contributed by atoms with Crippen molar-refractivity contribution in [3.63, 3.8) is 0 Å². The van der Waals surface area contributed by atoms with E-state index in [1.54, 1.807) is 6.07 Å². The van der Waals surface area contributed by atoms with Gasteiger partial charge in [-0.05, 0) is 32.9 Å². The van der Waals surface area contributed by atoms with Crippen LogP contribution in [0.5, 0.6) is 0 Å². The zero-order valence-corrected chi connectivity index (χ0v) is 16.4. The zero-order chi connectivity index (χ0) is 17.8. The topological polar surface area (TPSA) is 90.9 Å². The van der Waals surface area contributed by atoms with Crippen LogP contribution in [0, 0.1) is 13.8 Å². The fourth-order valence-corrected chi connectivity index (χ4v) is 3.24. The maximum absolute atomic E-state index is 12.3. The molecule has 1 saturated heterocycles. The van der Waals surface area contributed by atoms with E-state index in [0.29, 0.717) is 12.2 Å². The second-order valence-electron chi connectivity index (χ2n) is 6.54. The molecule has 0 radical (unpaired) electrons. The molecule has 1 aliphatic rings. The zero-order valence-electron chi connectivity index (χ0n) is 15.6. The summed E-state index contributed by atoms with van der Waals surface area (Å²) < 4.78 is 1.83. The number of piperazine rings is 1. The fourth-order valence-electron chi connectivity index (χ4n) is 3.24. The first kappa shape index (κ1) is 20.4. The summed E-state index contributed by atoms with van der Waals surface area (Å²) in [6.07, 6.45) is 0.952. The Morgan fingerprint density at radius 1 is 1.31 bits per heavy atom. The van der Waals surface area contributed by atoms with Crippen LogP contribution in [0.2, 0.25) is 0 Å². The SMILES string of the molecule is Cc1nn(C)c(C)c1-c1cc(C(=O)NCCCN2CCNCC2)[nH]n1.Cl. The van der Waals surface area contributed by atoms with Gasteiger partial charge in [0, 0.05) is 51.0 Å². The predicted molar refractivity (Wildman–Crippen MR) is 104 cm³/mol. The highest BCUT2D eigenvalue weighted by molar-refractivity contribution is 5.93. The largest absolute Gasteiger partial charge is 0.351 e. The summed E-state index contributed by atoms with van der Waals surface area (Å²) in [6.45, 7) is 9.91. The molecule has 0 atom stereocenters. The maximum atomic E-state index is 12.3. The van der Waals surface area contributed by atoms with Gasteiger partial charge in [-0.25, -0.2) is 0 Å². The van der Waals surface area contributed by atoms with E-state index >= 15 is 0 Å². The molecule has 2 aromatic heterocycles. The van der Waals surface area contributed by atoms with E-state index in [9.17, 15) is 4.79 Å². The number of amides is 1. The van der Waals surface area contributed by atoms with E-state index in [1.807, 2.05) is 25.6 Å². The highest BCUT2D eigenvalue weighted by atomic mass is 35.5. The van der Waals surface area contributed by atoms with Crippen LogP contribution < -0.4 is 10.6 Å². The highest BCUT2D eigenvalue weighted by Crippen LogP contribution is 2.25. The number of carbonyl (C=O) groups is 1. The van der Waals surface area contributed by atoms with Crippen molar-refractivity contribution < 1.29 is 4.79 Å². The molecule has 0 unspecified atom stereocenters. The molecule has 0 saturated carbocycles. The molecule has 144 valence electrons. The number of aromatic amines is 1. The van der Waals surface area contributed by atoms with Crippen LogP contribution in [0.3, 0.4) is 0 Å². The molecular formula is C17H28ClN7O. The Balaban J connectivity index is 0.00000243. The van der Waals surface area contributed by atoms with Gasteiger partial charge in [-0.15, -0.1) is 12.4 Å². The van der Waals surface area contributed by atoms with Crippen molar-refractivity contribution in [3.8, 4) is 11.3 Å². The quantitative estimate of drug-likeness (QED) is 0.646. The van der Waals surface area contributed by atoms with Gasteiger partial charge < -0.3 is 15.5 Å². The number of hydrogen-bond donors (Lipinski definition) is 3. The molecule has 1 amide bonds. The first-order valence-corrected chi connectivity index (χ1v) is 8.83. The van der Waals surface area contributed by atoms with E-state index < -0.39 is 0 Å². The van der Waals surface area contributed by atoms with E-state index in [1.165, 1.54) is 0 Å². The molecule has 0 aliphatic carbocycles. The maximum Gasteiger partial charge on any atom is 0.269 e. The smallest absolute Gasteiger partial charge is 0.269 e. The molecule has 0 spiro atoms. The molecule has 9 heteroatoms. The van der Waals surface area contributed by atoms with Gasteiger partial charge in [0.25, 0.3) is 5.91 Å². The lowest BCUT2D eigenvalue weighted by Gasteiger charge is -2.26. The van der Waals surface area contributed by atoms with Crippen molar-refractivity contribution >= 4 is 18.3 Å². The Labute approximate surface area is 160 Å². The second kappa shape index (κ2) is 9.16. The molecular weight excluding hydrogens is 354 g/mol. The van der Waals surface area contributed by atoms with Crippen LogP contribution >= 0.6 is 12.4 Å². The minimum Gasteiger partial charge on any atom is -0.351 e. The normalized spacial score (nSPS) is 14.9. The number of aryl methyl sites for hydroxylation is 2. The molecule has 3 heterocycles. The van der Waals surface area contributed by atoms with E-state index in [0.717, 1.165) is 61.8 Å². The van der Waals surface area contributed by atoms with Gasteiger partial charge in [0.2, 0.25) is 0 Å². The number of nitrogens with one attached hydrogen (secondary N) is 3. The van der Waals surface area contributed by atoms with Crippen molar-refractivity contribution in [2.75, 3.05) is 39.3 Å². The average Bonchev–Trinajstić information content (AvgIpc) is 3.17. The molecule has 1 fully saturated rings. The summed E-state index contributed by atoms with van der Waals surface area (Å²) in [5.74, 6) is -0.113. The Morgan fingerprint density at radius 2 is 2.04 bits per heavy atom. The third-order valence-electron chi connectivity index (χ3n) is 4.73. The van der Waals surface area contributed by atoms with Crippen molar-refractivity contribution in [2.45, 2.75) is 20.3 Å². The van der Waals surface area contributed by atoms with Crippen LogP contribution in [0.15, 0.2) is 6.07 Å². The molecule has 2 aromatic rings. The molecule has 0 aromatic carbocycles. The minimum absolute atomic E-state index is 0. The Kier molecular flexibility index (Phi) is 7.19. The van der Waals surface area contributed by atoms with Gasteiger partial charge in [0.1, 0.15) is 5.69 Å². The van der Waals surface area contributed by atoms with Gasteiger partial charge in [0.15, 0.2) is 0 Å². The lowest BCUT2D eigenvalue weighted by atomic mass is 10.1. The molecule has 3 N–H and O–H groups in total. The van der Waals surface area contributed by atoms with Crippen LogP contribution in [0.25, 0.3) is 11.3 Å². The second-order valence-corrected chi connectivity index (χ2v) is 6.54. The molecule has 1 aliphatic heterocycles. The number of nitrogens with zero attached hydrogens (tertiary/aromatic N) is 4. The Bertz CT molecular complexity index is 734. The molecule has 0 bridgehead atoms. The molecule has 8 nitrogen and oxygen atoms in total. The van der Waals surface area contributed by atoms with Crippen LogP contribution in [0.4, 0.5) is 0 Å². The lowest BCUT2D eigenvalue weighted by molar-refractivity contribution is 0.0946. The van der Waals surface area contributed by atoms with Crippen molar-refractivity contribution in [2.24, 2.45) is 7.05 Å². The number of aromatic nitrogens is 4. The van der Waals surface area contributed by atoms with Gasteiger partial charge in [-0.3, -0.25) is 14.6 Å². The summed E-state index contributed by atoms with van der Waals surface area (Å²) in [6, 6.07) is 1.79. The summed E-state index contributed by atoms with van der Waals surface area (Å²) in [5.41, 5.74) is 4.17.